The highest BCUT2D eigenvalue weighted by molar-refractivity contribution is 5.84. The van der Waals surface area contributed by atoms with E-state index < -0.39 is 5.54 Å². The van der Waals surface area contributed by atoms with Crippen molar-refractivity contribution in [2.24, 2.45) is 11.7 Å². The molecule has 0 saturated carbocycles. The van der Waals surface area contributed by atoms with Gasteiger partial charge in [-0.25, -0.2) is 0 Å². The molecule has 3 heteroatoms. The summed E-state index contributed by atoms with van der Waals surface area (Å²) in [7, 11) is 0. The smallest absolute Gasteiger partial charge is 0.237 e. The van der Waals surface area contributed by atoms with Crippen molar-refractivity contribution >= 4 is 5.91 Å². The highest BCUT2D eigenvalue weighted by Crippen LogP contribution is 2.24. The zero-order valence-electron chi connectivity index (χ0n) is 11.9. The van der Waals surface area contributed by atoms with Crippen molar-refractivity contribution < 1.29 is 4.79 Å². The maximum absolute atomic E-state index is 11.7. The van der Waals surface area contributed by atoms with Crippen molar-refractivity contribution in [3.05, 3.63) is 35.4 Å². The quantitative estimate of drug-likeness (QED) is 0.841. The van der Waals surface area contributed by atoms with E-state index in [0.29, 0.717) is 0 Å². The first-order valence-electron chi connectivity index (χ1n) is 6.42. The lowest BCUT2D eigenvalue weighted by Crippen LogP contribution is -2.57. The van der Waals surface area contributed by atoms with E-state index >= 15 is 0 Å². The van der Waals surface area contributed by atoms with Gasteiger partial charge in [0.2, 0.25) is 5.91 Å². The number of rotatable bonds is 5. The van der Waals surface area contributed by atoms with Crippen LogP contribution in [0.1, 0.15) is 44.9 Å². The van der Waals surface area contributed by atoms with Gasteiger partial charge >= 0.3 is 0 Å². The summed E-state index contributed by atoms with van der Waals surface area (Å²) in [5, 5.41) is 3.37. The Morgan fingerprint density at radius 1 is 1.28 bits per heavy atom. The second kappa shape index (κ2) is 5.53. The average molecular weight is 248 g/mol. The van der Waals surface area contributed by atoms with Crippen LogP contribution in [0.4, 0.5) is 0 Å². The molecule has 0 spiro atoms. The van der Waals surface area contributed by atoms with Gasteiger partial charge in [-0.05, 0) is 37.8 Å². The van der Waals surface area contributed by atoms with Crippen molar-refractivity contribution in [2.75, 3.05) is 0 Å². The van der Waals surface area contributed by atoms with Gasteiger partial charge in [-0.2, -0.15) is 0 Å². The normalized spacial score (nSPS) is 16.3. The highest BCUT2D eigenvalue weighted by Gasteiger charge is 2.35. The zero-order valence-corrected chi connectivity index (χ0v) is 11.9. The number of amides is 1. The summed E-state index contributed by atoms with van der Waals surface area (Å²) >= 11 is 0. The van der Waals surface area contributed by atoms with Gasteiger partial charge < -0.3 is 5.73 Å². The Kier molecular flexibility index (Phi) is 4.52. The first-order valence-corrected chi connectivity index (χ1v) is 6.42. The Balaban J connectivity index is 2.96. The summed E-state index contributed by atoms with van der Waals surface area (Å²) in [6.07, 6.45) is 0. The van der Waals surface area contributed by atoms with Gasteiger partial charge in [0.1, 0.15) is 0 Å². The van der Waals surface area contributed by atoms with Gasteiger partial charge in [0, 0.05) is 6.04 Å². The lowest BCUT2D eigenvalue weighted by molar-refractivity contribution is -0.125. The summed E-state index contributed by atoms with van der Waals surface area (Å²) in [6, 6.07) is 8.27. The molecule has 1 rings (SSSR count). The number of carbonyl (C=O) groups is 1. The van der Waals surface area contributed by atoms with Crippen LogP contribution in [0, 0.1) is 12.8 Å². The minimum Gasteiger partial charge on any atom is -0.368 e. The van der Waals surface area contributed by atoms with E-state index in [9.17, 15) is 4.79 Å². The summed E-state index contributed by atoms with van der Waals surface area (Å²) in [4.78, 5) is 11.7. The van der Waals surface area contributed by atoms with Gasteiger partial charge in [0.15, 0.2) is 0 Å². The predicted octanol–water partition coefficient (Wildman–Crippen LogP) is 2.55. The van der Waals surface area contributed by atoms with Crippen LogP contribution in [-0.4, -0.2) is 11.4 Å². The van der Waals surface area contributed by atoms with Gasteiger partial charge in [-0.1, -0.05) is 38.1 Å². The van der Waals surface area contributed by atoms with Crippen LogP contribution in [0.2, 0.25) is 0 Å². The minimum atomic E-state index is -0.693. The van der Waals surface area contributed by atoms with Crippen LogP contribution in [0.3, 0.4) is 0 Å². The molecule has 1 aromatic rings. The molecular weight excluding hydrogens is 224 g/mol. The van der Waals surface area contributed by atoms with E-state index in [0.717, 1.165) is 0 Å². The average Bonchev–Trinajstić information content (AvgIpc) is 2.28. The number of hydrogen-bond acceptors (Lipinski definition) is 2. The summed E-state index contributed by atoms with van der Waals surface area (Å²) in [5.41, 5.74) is 7.26. The third kappa shape index (κ3) is 2.91. The lowest BCUT2D eigenvalue weighted by Gasteiger charge is -2.35. The molecule has 0 heterocycles. The van der Waals surface area contributed by atoms with Crippen LogP contribution in [-0.2, 0) is 4.79 Å². The zero-order chi connectivity index (χ0) is 13.9. The molecule has 0 aliphatic rings. The standard InChI is InChI=1S/C15H24N2O/c1-10(2)15(5,14(16)18)17-12(4)13-9-7-6-8-11(13)3/h6-10,12,17H,1-5H3,(H2,16,18). The number of primary amides is 1. The third-order valence-electron chi connectivity index (χ3n) is 3.84. The number of nitrogens with two attached hydrogens (primary N) is 1. The fourth-order valence-corrected chi connectivity index (χ4v) is 2.12. The molecular formula is C15H24N2O. The van der Waals surface area contributed by atoms with Crippen molar-refractivity contribution in [2.45, 2.75) is 46.2 Å². The van der Waals surface area contributed by atoms with Crippen LogP contribution in [0.5, 0.6) is 0 Å². The Morgan fingerprint density at radius 2 is 1.83 bits per heavy atom. The number of nitrogens with one attached hydrogen (secondary N) is 1. The van der Waals surface area contributed by atoms with E-state index in [1.54, 1.807) is 0 Å². The molecule has 3 nitrogen and oxygen atoms in total. The molecule has 1 aromatic carbocycles. The molecule has 2 unspecified atom stereocenters. The first-order chi connectivity index (χ1) is 8.29. The number of carbonyl (C=O) groups excluding carboxylic acids is 1. The molecule has 2 atom stereocenters. The van der Waals surface area contributed by atoms with Gasteiger partial charge in [0.05, 0.1) is 5.54 Å². The van der Waals surface area contributed by atoms with E-state index in [1.807, 2.05) is 32.9 Å². The van der Waals surface area contributed by atoms with Gasteiger partial charge in [0.25, 0.3) is 0 Å². The lowest BCUT2D eigenvalue weighted by atomic mass is 9.86. The molecule has 100 valence electrons. The number of benzene rings is 1. The molecule has 1 amide bonds. The Morgan fingerprint density at radius 3 is 2.28 bits per heavy atom. The third-order valence-corrected chi connectivity index (χ3v) is 3.84. The maximum atomic E-state index is 11.7. The van der Waals surface area contributed by atoms with Crippen molar-refractivity contribution in [3.8, 4) is 0 Å². The molecule has 0 aliphatic heterocycles. The van der Waals surface area contributed by atoms with Crippen LogP contribution >= 0.6 is 0 Å². The first kappa shape index (κ1) is 14.7. The number of hydrogen-bond donors (Lipinski definition) is 2. The summed E-state index contributed by atoms with van der Waals surface area (Å²) in [5.74, 6) is -0.167. The Hall–Kier alpha value is -1.35. The molecule has 0 fully saturated rings. The fourth-order valence-electron chi connectivity index (χ4n) is 2.12. The summed E-state index contributed by atoms with van der Waals surface area (Å²) < 4.78 is 0. The van der Waals surface area contributed by atoms with Crippen molar-refractivity contribution in [1.29, 1.82) is 0 Å². The second-order valence-corrected chi connectivity index (χ2v) is 5.44. The molecule has 0 aliphatic carbocycles. The molecule has 0 radical (unpaired) electrons. The monoisotopic (exact) mass is 248 g/mol. The minimum absolute atomic E-state index is 0.0890. The van der Waals surface area contributed by atoms with E-state index in [4.69, 9.17) is 5.73 Å². The van der Waals surface area contributed by atoms with Crippen LogP contribution in [0.15, 0.2) is 24.3 Å². The molecule has 18 heavy (non-hydrogen) atoms. The van der Waals surface area contributed by atoms with E-state index in [-0.39, 0.29) is 17.9 Å². The summed E-state index contributed by atoms with van der Waals surface area (Å²) in [6.45, 7) is 10.0. The molecule has 0 saturated heterocycles. The number of aryl methyl sites for hydroxylation is 1. The predicted molar refractivity (Wildman–Crippen MR) is 75.2 cm³/mol. The Bertz CT molecular complexity index is 428. The molecule has 3 N–H and O–H groups in total. The van der Waals surface area contributed by atoms with Crippen LogP contribution in [0.25, 0.3) is 0 Å². The largest absolute Gasteiger partial charge is 0.368 e. The molecule has 0 bridgehead atoms. The maximum Gasteiger partial charge on any atom is 0.237 e. The van der Waals surface area contributed by atoms with Crippen LogP contribution < -0.4 is 11.1 Å². The van der Waals surface area contributed by atoms with Crippen molar-refractivity contribution in [3.63, 3.8) is 0 Å². The van der Waals surface area contributed by atoms with Crippen molar-refractivity contribution in [1.82, 2.24) is 5.32 Å². The Labute approximate surface area is 110 Å². The van der Waals surface area contributed by atoms with E-state index in [1.165, 1.54) is 11.1 Å². The topological polar surface area (TPSA) is 55.1 Å². The van der Waals surface area contributed by atoms with E-state index in [2.05, 4.69) is 31.3 Å². The second-order valence-electron chi connectivity index (χ2n) is 5.44. The van der Waals surface area contributed by atoms with Gasteiger partial charge in [-0.3, -0.25) is 10.1 Å². The van der Waals surface area contributed by atoms with Gasteiger partial charge in [-0.15, -0.1) is 0 Å². The highest BCUT2D eigenvalue weighted by atomic mass is 16.1. The SMILES string of the molecule is Cc1ccccc1C(C)NC(C)(C(N)=O)C(C)C. The molecule has 0 aromatic heterocycles. The fraction of sp³-hybridized carbons (Fsp3) is 0.533.